The van der Waals surface area contributed by atoms with E-state index in [4.69, 9.17) is 27.9 Å². The van der Waals surface area contributed by atoms with Crippen LogP contribution in [0.1, 0.15) is 32.8 Å². The van der Waals surface area contributed by atoms with Gasteiger partial charge in [0.15, 0.2) is 0 Å². The number of rotatable bonds is 8. The summed E-state index contributed by atoms with van der Waals surface area (Å²) in [7, 11) is 0. The zero-order valence-corrected chi connectivity index (χ0v) is 19.8. The van der Waals surface area contributed by atoms with Gasteiger partial charge >= 0.3 is 12.1 Å². The van der Waals surface area contributed by atoms with Gasteiger partial charge in [0.25, 0.3) is 0 Å². The van der Waals surface area contributed by atoms with E-state index in [2.05, 4.69) is 5.32 Å². The maximum atomic E-state index is 14.0. The molecular weight excluding hydrogens is 485 g/mol. The second-order valence-electron chi connectivity index (χ2n) is 7.98. The number of halogens is 6. The molecule has 182 valence electrons. The summed E-state index contributed by atoms with van der Waals surface area (Å²) in [6.45, 7) is 4.49. The lowest BCUT2D eigenvalue weighted by Crippen LogP contribution is -2.40. The number of amides is 1. The number of hydrogen-bond donors (Lipinski definition) is 1. The quantitative estimate of drug-likeness (QED) is 0.308. The molecule has 33 heavy (non-hydrogen) atoms. The topological polar surface area (TPSA) is 55.4 Å². The van der Waals surface area contributed by atoms with E-state index in [1.165, 1.54) is 18.2 Å². The van der Waals surface area contributed by atoms with Crippen LogP contribution in [0.15, 0.2) is 41.2 Å². The van der Waals surface area contributed by atoms with Crippen LogP contribution in [0.25, 0.3) is 0 Å². The molecular formula is C23H25Cl2F4NO3. The van der Waals surface area contributed by atoms with E-state index in [9.17, 15) is 27.2 Å². The number of anilines is 1. The maximum absolute atomic E-state index is 14.0. The van der Waals surface area contributed by atoms with Crippen molar-refractivity contribution in [2.24, 2.45) is 23.7 Å². The Balaban J connectivity index is 2.29. The molecule has 10 heteroatoms. The SMILES string of the molecule is CCOC(=O)[C@@H](C)Cc1ccc(Cl)c(NC(=O)[C@H](C2C=C(F)C(Cl)=CC2)[C@@H](C)C(F)(F)F)c1. The minimum Gasteiger partial charge on any atom is -0.466 e. The summed E-state index contributed by atoms with van der Waals surface area (Å²) in [4.78, 5) is 24.9. The number of carbonyl (C=O) groups excluding carboxylic acids is 2. The first-order valence-electron chi connectivity index (χ1n) is 10.4. The van der Waals surface area contributed by atoms with Crippen LogP contribution in [0.2, 0.25) is 5.02 Å². The molecule has 0 aliphatic heterocycles. The number of benzene rings is 1. The van der Waals surface area contributed by atoms with Crippen LogP contribution in [0, 0.1) is 23.7 Å². The van der Waals surface area contributed by atoms with Crippen molar-refractivity contribution in [1.82, 2.24) is 0 Å². The van der Waals surface area contributed by atoms with Gasteiger partial charge in [0, 0.05) is 0 Å². The molecule has 0 saturated heterocycles. The monoisotopic (exact) mass is 509 g/mol. The average molecular weight is 510 g/mol. The van der Waals surface area contributed by atoms with Crippen molar-refractivity contribution >= 4 is 40.8 Å². The van der Waals surface area contributed by atoms with Gasteiger partial charge in [0.2, 0.25) is 5.91 Å². The lowest BCUT2D eigenvalue weighted by Gasteiger charge is -2.31. The number of ether oxygens (including phenoxy) is 1. The van der Waals surface area contributed by atoms with Gasteiger partial charge in [0.1, 0.15) is 5.83 Å². The van der Waals surface area contributed by atoms with Gasteiger partial charge in [-0.25, -0.2) is 4.39 Å². The Morgan fingerprint density at radius 3 is 2.48 bits per heavy atom. The fourth-order valence-electron chi connectivity index (χ4n) is 3.65. The van der Waals surface area contributed by atoms with Gasteiger partial charge in [-0.1, -0.05) is 49.2 Å². The van der Waals surface area contributed by atoms with Crippen molar-refractivity contribution in [3.8, 4) is 0 Å². The molecule has 1 aliphatic rings. The Morgan fingerprint density at radius 2 is 1.91 bits per heavy atom. The summed E-state index contributed by atoms with van der Waals surface area (Å²) >= 11 is 11.8. The Bertz CT molecular complexity index is 946. The van der Waals surface area contributed by atoms with Gasteiger partial charge in [-0.2, -0.15) is 13.2 Å². The highest BCUT2D eigenvalue weighted by atomic mass is 35.5. The Morgan fingerprint density at radius 1 is 1.24 bits per heavy atom. The lowest BCUT2D eigenvalue weighted by atomic mass is 9.78. The standard InChI is InChI=1S/C23H25Cl2F4NO3/c1-4-33-22(32)12(2)9-14-5-7-17(25)19(10-14)30-21(31)20(13(3)23(27,28)29)15-6-8-16(24)18(26)11-15/h5,7-8,10-13,15,20H,4,6,9H2,1-3H3,(H,30,31)/t12-,13+,15?,20-/m0/s1. The maximum Gasteiger partial charge on any atom is 0.392 e. The van der Waals surface area contributed by atoms with E-state index in [0.717, 1.165) is 13.0 Å². The molecule has 0 saturated carbocycles. The zero-order valence-electron chi connectivity index (χ0n) is 18.3. The third-order valence-electron chi connectivity index (χ3n) is 5.50. The zero-order chi connectivity index (χ0) is 24.9. The summed E-state index contributed by atoms with van der Waals surface area (Å²) in [6.07, 6.45) is -2.21. The average Bonchev–Trinajstić information content (AvgIpc) is 2.72. The molecule has 4 nitrogen and oxygen atoms in total. The summed E-state index contributed by atoms with van der Waals surface area (Å²) in [5.74, 6) is -7.40. The van der Waals surface area contributed by atoms with Gasteiger partial charge in [-0.15, -0.1) is 0 Å². The molecule has 1 aromatic rings. The van der Waals surface area contributed by atoms with Crippen LogP contribution in [-0.4, -0.2) is 24.7 Å². The van der Waals surface area contributed by atoms with E-state index in [0.29, 0.717) is 5.56 Å². The number of nitrogens with one attached hydrogen (secondary N) is 1. The number of carbonyl (C=O) groups is 2. The molecule has 1 N–H and O–H groups in total. The highest BCUT2D eigenvalue weighted by molar-refractivity contribution is 6.33. The fourth-order valence-corrected chi connectivity index (χ4v) is 3.97. The normalized spacial score (nSPS) is 19.1. The molecule has 0 aromatic heterocycles. The first-order valence-corrected chi connectivity index (χ1v) is 11.2. The van der Waals surface area contributed by atoms with Gasteiger partial charge < -0.3 is 10.1 Å². The molecule has 0 bridgehead atoms. The Kier molecular flexibility index (Phi) is 9.38. The predicted molar refractivity (Wildman–Crippen MR) is 120 cm³/mol. The van der Waals surface area contributed by atoms with Crippen molar-refractivity contribution in [2.45, 2.75) is 39.8 Å². The first kappa shape index (κ1) is 27.2. The van der Waals surface area contributed by atoms with Crippen molar-refractivity contribution in [2.75, 3.05) is 11.9 Å². The highest BCUT2D eigenvalue weighted by Crippen LogP contribution is 2.41. The van der Waals surface area contributed by atoms with E-state index in [1.54, 1.807) is 19.9 Å². The van der Waals surface area contributed by atoms with Crippen LogP contribution in [0.3, 0.4) is 0 Å². The summed E-state index contributed by atoms with van der Waals surface area (Å²) in [5.41, 5.74) is 0.734. The van der Waals surface area contributed by atoms with E-state index >= 15 is 0 Å². The van der Waals surface area contributed by atoms with Crippen LogP contribution in [0.5, 0.6) is 0 Å². The summed E-state index contributed by atoms with van der Waals surface area (Å²) < 4.78 is 59.6. The van der Waals surface area contributed by atoms with Crippen LogP contribution in [-0.2, 0) is 20.7 Å². The van der Waals surface area contributed by atoms with Crippen molar-refractivity contribution < 1.29 is 31.9 Å². The lowest BCUT2D eigenvalue weighted by molar-refractivity contribution is -0.188. The number of esters is 1. The van der Waals surface area contributed by atoms with Crippen molar-refractivity contribution in [3.05, 3.63) is 51.8 Å². The minimum atomic E-state index is -4.68. The highest BCUT2D eigenvalue weighted by Gasteiger charge is 2.47. The Hall–Kier alpha value is -2.06. The number of alkyl halides is 3. The molecule has 0 heterocycles. The van der Waals surface area contributed by atoms with Gasteiger partial charge in [-0.3, -0.25) is 9.59 Å². The Labute approximate surface area is 200 Å². The molecule has 0 fully saturated rings. The minimum absolute atomic E-state index is 0.0183. The second-order valence-corrected chi connectivity index (χ2v) is 8.80. The van der Waals surface area contributed by atoms with Crippen LogP contribution >= 0.6 is 23.2 Å². The van der Waals surface area contributed by atoms with E-state index in [1.807, 2.05) is 0 Å². The second kappa shape index (κ2) is 11.4. The molecule has 0 spiro atoms. The smallest absolute Gasteiger partial charge is 0.392 e. The summed E-state index contributed by atoms with van der Waals surface area (Å²) in [6, 6.07) is 4.63. The molecule has 0 radical (unpaired) electrons. The van der Waals surface area contributed by atoms with E-state index in [-0.39, 0.29) is 35.2 Å². The molecule has 1 aliphatic carbocycles. The largest absolute Gasteiger partial charge is 0.466 e. The van der Waals surface area contributed by atoms with Crippen LogP contribution < -0.4 is 5.32 Å². The number of hydrogen-bond acceptors (Lipinski definition) is 3. The molecule has 4 atom stereocenters. The fraction of sp³-hybridized carbons (Fsp3) is 0.478. The third kappa shape index (κ3) is 7.21. The van der Waals surface area contributed by atoms with Gasteiger partial charge in [0.05, 0.1) is 40.1 Å². The predicted octanol–water partition coefficient (Wildman–Crippen LogP) is 6.83. The van der Waals surface area contributed by atoms with Crippen molar-refractivity contribution in [3.63, 3.8) is 0 Å². The molecule has 1 aromatic carbocycles. The molecule has 1 unspecified atom stereocenters. The van der Waals surface area contributed by atoms with E-state index < -0.39 is 47.6 Å². The third-order valence-corrected chi connectivity index (χ3v) is 6.16. The van der Waals surface area contributed by atoms with Crippen LogP contribution in [0.4, 0.5) is 23.2 Å². The molecule has 1 amide bonds. The first-order chi connectivity index (χ1) is 15.3. The van der Waals surface area contributed by atoms with Gasteiger partial charge in [-0.05, 0) is 49.5 Å². The summed E-state index contributed by atoms with van der Waals surface area (Å²) in [5, 5.41) is 2.38. The van der Waals surface area contributed by atoms with Crippen molar-refractivity contribution in [1.29, 1.82) is 0 Å². The molecule has 2 rings (SSSR count). The number of allylic oxidation sites excluding steroid dienone is 4.